The van der Waals surface area contributed by atoms with Crippen LogP contribution in [0.5, 0.6) is 0 Å². The number of carbonyl (C=O) groups is 1. The summed E-state index contributed by atoms with van der Waals surface area (Å²) in [4.78, 5) is 12.8. The highest BCUT2D eigenvalue weighted by atomic mass is 16.6. The monoisotopic (exact) mass is 300 g/mol. The summed E-state index contributed by atoms with van der Waals surface area (Å²) in [5, 5.41) is 0. The van der Waals surface area contributed by atoms with E-state index in [1.54, 1.807) is 0 Å². The van der Waals surface area contributed by atoms with Crippen LogP contribution in [0.25, 0.3) is 0 Å². The molecule has 5 rings (SSSR count). The smallest absolute Gasteiger partial charge is 0.334 e. The van der Waals surface area contributed by atoms with Crippen LogP contribution in [0, 0.1) is 35.5 Å². The van der Waals surface area contributed by atoms with Crippen molar-refractivity contribution in [2.45, 2.75) is 70.3 Å². The van der Waals surface area contributed by atoms with Gasteiger partial charge in [-0.25, -0.2) is 4.79 Å². The van der Waals surface area contributed by atoms with E-state index in [0.717, 1.165) is 36.2 Å². The van der Waals surface area contributed by atoms with E-state index in [-0.39, 0.29) is 11.6 Å². The van der Waals surface area contributed by atoms with Gasteiger partial charge in [0.25, 0.3) is 0 Å². The van der Waals surface area contributed by atoms with Crippen molar-refractivity contribution >= 4 is 5.97 Å². The van der Waals surface area contributed by atoms with Crippen LogP contribution in [-0.2, 0) is 9.53 Å². The first-order chi connectivity index (χ1) is 10.7. The maximum atomic E-state index is 12.8. The molecule has 4 saturated carbocycles. The van der Waals surface area contributed by atoms with Crippen LogP contribution in [0.2, 0.25) is 0 Å². The molecule has 0 aliphatic heterocycles. The third-order valence-electron chi connectivity index (χ3n) is 8.05. The van der Waals surface area contributed by atoms with Gasteiger partial charge < -0.3 is 4.74 Å². The first-order valence-corrected chi connectivity index (χ1v) is 9.65. The Morgan fingerprint density at radius 2 is 2.09 bits per heavy atom. The van der Waals surface area contributed by atoms with Crippen molar-refractivity contribution in [3.63, 3.8) is 0 Å². The van der Waals surface area contributed by atoms with Crippen LogP contribution in [0.1, 0.15) is 64.7 Å². The number of esters is 1. The van der Waals surface area contributed by atoms with Crippen molar-refractivity contribution in [3.8, 4) is 0 Å². The molecule has 2 nitrogen and oxygen atoms in total. The lowest BCUT2D eigenvalue weighted by atomic mass is 9.71. The third-order valence-corrected chi connectivity index (χ3v) is 8.05. The van der Waals surface area contributed by atoms with E-state index >= 15 is 0 Å². The van der Waals surface area contributed by atoms with E-state index in [1.807, 2.05) is 0 Å². The topological polar surface area (TPSA) is 26.3 Å². The Labute approximate surface area is 133 Å². The standard InChI is InChI=1S/C20H28O2/c1-2-20(11-14-10-18(20)16-5-3-4-15(14)16)22-19(21)17-9-12-6-7-13(17)8-12/h9,12-16,18H,2-8,10-11H2,1H3. The first kappa shape index (κ1) is 13.6. The third kappa shape index (κ3) is 1.70. The van der Waals surface area contributed by atoms with Crippen molar-refractivity contribution in [2.24, 2.45) is 35.5 Å². The number of allylic oxidation sites excluding steroid dienone is 1. The SMILES string of the molecule is CCC1(OC(=O)C2=CC3CCC2C3)CC2CC1C1CCCC21. The van der Waals surface area contributed by atoms with Crippen molar-refractivity contribution in [1.29, 1.82) is 0 Å². The molecule has 0 radical (unpaired) electrons. The van der Waals surface area contributed by atoms with Crippen LogP contribution >= 0.6 is 0 Å². The second-order valence-electron chi connectivity index (χ2n) is 8.76. The molecule has 7 atom stereocenters. The molecule has 0 heterocycles. The molecule has 0 aromatic heterocycles. The highest BCUT2D eigenvalue weighted by molar-refractivity contribution is 5.90. The summed E-state index contributed by atoms with van der Waals surface area (Å²) in [6, 6.07) is 0. The normalized spacial score (nSPS) is 51.2. The quantitative estimate of drug-likeness (QED) is 0.718. The van der Waals surface area contributed by atoms with Gasteiger partial charge in [0.15, 0.2) is 0 Å². The van der Waals surface area contributed by atoms with Crippen LogP contribution in [-0.4, -0.2) is 11.6 Å². The fraction of sp³-hybridized carbons (Fsp3) is 0.850. The molecule has 0 spiro atoms. The highest BCUT2D eigenvalue weighted by Gasteiger charge is 2.62. The molecule has 120 valence electrons. The summed E-state index contributed by atoms with van der Waals surface area (Å²) >= 11 is 0. The van der Waals surface area contributed by atoms with Crippen LogP contribution in [0.4, 0.5) is 0 Å². The number of hydrogen-bond donors (Lipinski definition) is 0. The average Bonchev–Trinajstić information content (AvgIpc) is 3.29. The fourth-order valence-corrected chi connectivity index (χ4v) is 7.13. The van der Waals surface area contributed by atoms with Gasteiger partial charge in [0, 0.05) is 11.5 Å². The lowest BCUT2D eigenvalue weighted by Crippen LogP contribution is -2.45. The Balaban J connectivity index is 1.38. The summed E-state index contributed by atoms with van der Waals surface area (Å²) in [7, 11) is 0. The van der Waals surface area contributed by atoms with Crippen LogP contribution < -0.4 is 0 Å². The van der Waals surface area contributed by atoms with E-state index in [2.05, 4.69) is 13.0 Å². The fourth-order valence-electron chi connectivity index (χ4n) is 7.13. The zero-order chi connectivity index (χ0) is 14.9. The second kappa shape index (κ2) is 4.61. The molecule has 0 saturated heterocycles. The van der Waals surface area contributed by atoms with Crippen LogP contribution in [0.15, 0.2) is 11.6 Å². The van der Waals surface area contributed by atoms with Gasteiger partial charge in [0.05, 0.1) is 0 Å². The van der Waals surface area contributed by atoms with Gasteiger partial charge in [-0.15, -0.1) is 0 Å². The zero-order valence-corrected chi connectivity index (χ0v) is 13.7. The van der Waals surface area contributed by atoms with Gasteiger partial charge in [-0.05, 0) is 81.0 Å². The summed E-state index contributed by atoms with van der Waals surface area (Å²) in [6.07, 6.45) is 13.7. The maximum absolute atomic E-state index is 12.8. The van der Waals surface area contributed by atoms with E-state index in [1.165, 1.54) is 44.9 Å². The molecule has 22 heavy (non-hydrogen) atoms. The number of rotatable bonds is 3. The molecule has 0 aromatic carbocycles. The van der Waals surface area contributed by atoms with E-state index in [9.17, 15) is 4.79 Å². The number of hydrogen-bond acceptors (Lipinski definition) is 2. The first-order valence-electron chi connectivity index (χ1n) is 9.65. The Morgan fingerprint density at radius 3 is 2.82 bits per heavy atom. The highest BCUT2D eigenvalue weighted by Crippen LogP contribution is 2.64. The van der Waals surface area contributed by atoms with Crippen LogP contribution in [0.3, 0.4) is 0 Å². The van der Waals surface area contributed by atoms with Crippen molar-refractivity contribution in [1.82, 2.24) is 0 Å². The predicted molar refractivity (Wildman–Crippen MR) is 85.1 cm³/mol. The molecular formula is C20H28O2. The minimum atomic E-state index is -0.115. The van der Waals surface area contributed by atoms with Crippen molar-refractivity contribution in [2.75, 3.05) is 0 Å². The molecule has 5 aliphatic rings. The summed E-state index contributed by atoms with van der Waals surface area (Å²) in [5.74, 6) is 4.58. The maximum Gasteiger partial charge on any atom is 0.334 e. The molecular weight excluding hydrogens is 272 g/mol. The molecule has 7 unspecified atom stereocenters. The van der Waals surface area contributed by atoms with Crippen molar-refractivity contribution in [3.05, 3.63) is 11.6 Å². The Hall–Kier alpha value is -0.790. The van der Waals surface area contributed by atoms with E-state index in [0.29, 0.717) is 17.8 Å². The number of carbonyl (C=O) groups excluding carboxylic acids is 1. The number of fused-ring (bicyclic) bond motifs is 7. The summed E-state index contributed by atoms with van der Waals surface area (Å²) in [5.41, 5.74) is 0.922. The lowest BCUT2D eigenvalue weighted by Gasteiger charge is -2.42. The van der Waals surface area contributed by atoms with Gasteiger partial charge >= 0.3 is 5.97 Å². The van der Waals surface area contributed by atoms with E-state index < -0.39 is 0 Å². The van der Waals surface area contributed by atoms with Gasteiger partial charge in [-0.2, -0.15) is 0 Å². The number of ether oxygens (including phenoxy) is 1. The Morgan fingerprint density at radius 1 is 1.23 bits per heavy atom. The summed E-state index contributed by atoms with van der Waals surface area (Å²) < 4.78 is 6.32. The zero-order valence-electron chi connectivity index (χ0n) is 13.7. The van der Waals surface area contributed by atoms with Gasteiger partial charge in [0.2, 0.25) is 0 Å². The minimum Gasteiger partial charge on any atom is -0.455 e. The molecule has 4 bridgehead atoms. The second-order valence-corrected chi connectivity index (χ2v) is 8.76. The molecule has 0 N–H and O–H groups in total. The Kier molecular flexibility index (Phi) is 2.86. The average molecular weight is 300 g/mol. The van der Waals surface area contributed by atoms with Gasteiger partial charge in [0.1, 0.15) is 5.60 Å². The molecule has 0 amide bonds. The Bertz CT molecular complexity index is 536. The van der Waals surface area contributed by atoms with Gasteiger partial charge in [-0.3, -0.25) is 0 Å². The van der Waals surface area contributed by atoms with E-state index in [4.69, 9.17) is 4.74 Å². The largest absolute Gasteiger partial charge is 0.455 e. The van der Waals surface area contributed by atoms with Crippen molar-refractivity contribution < 1.29 is 9.53 Å². The minimum absolute atomic E-state index is 0.0520. The summed E-state index contributed by atoms with van der Waals surface area (Å²) in [6.45, 7) is 2.24. The lowest BCUT2D eigenvalue weighted by molar-refractivity contribution is -0.166. The molecule has 0 aromatic rings. The predicted octanol–water partition coefficient (Wildman–Crippen LogP) is 4.49. The molecule has 2 heteroatoms. The molecule has 4 fully saturated rings. The molecule has 5 aliphatic carbocycles. The van der Waals surface area contributed by atoms with Gasteiger partial charge in [-0.1, -0.05) is 19.4 Å².